The Morgan fingerprint density at radius 3 is 2.56 bits per heavy atom. The van der Waals surface area contributed by atoms with Gasteiger partial charge in [0.1, 0.15) is 5.56 Å². The minimum Gasteiger partial charge on any atom is -0.325 e. The van der Waals surface area contributed by atoms with E-state index in [1.165, 1.54) is 13.0 Å². The number of H-pyrrole nitrogens is 1. The standard InChI is InChI=1S/C19H18N2O4/c1-10-7-16-13(17(23)8-10)9-14(19(25)21-16)18(24)20-15-6-4-3-5-12(15)11(2)22/h3-6,9-10H,7-8H2,1-2H3,(H,20,24)(H,21,25). The van der Waals surface area contributed by atoms with Gasteiger partial charge < -0.3 is 10.3 Å². The number of carbonyl (C=O) groups excluding carboxylic acids is 3. The second-order valence-corrected chi connectivity index (χ2v) is 6.40. The molecule has 1 amide bonds. The highest BCUT2D eigenvalue weighted by Crippen LogP contribution is 2.24. The van der Waals surface area contributed by atoms with Gasteiger partial charge >= 0.3 is 0 Å². The fraction of sp³-hybridized carbons (Fsp3) is 0.263. The highest BCUT2D eigenvalue weighted by Gasteiger charge is 2.26. The van der Waals surface area contributed by atoms with Crippen LogP contribution in [0.25, 0.3) is 0 Å². The minimum atomic E-state index is -0.649. The van der Waals surface area contributed by atoms with Gasteiger partial charge in [0.2, 0.25) is 0 Å². The van der Waals surface area contributed by atoms with E-state index in [9.17, 15) is 19.2 Å². The van der Waals surface area contributed by atoms with Crippen molar-refractivity contribution in [2.45, 2.75) is 26.7 Å². The lowest BCUT2D eigenvalue weighted by Crippen LogP contribution is -2.29. The van der Waals surface area contributed by atoms with Crippen LogP contribution in [0.4, 0.5) is 5.69 Å². The molecule has 2 N–H and O–H groups in total. The van der Waals surface area contributed by atoms with E-state index in [1.54, 1.807) is 24.3 Å². The number of carbonyl (C=O) groups is 3. The number of amides is 1. The fourth-order valence-electron chi connectivity index (χ4n) is 3.08. The third-order valence-corrected chi connectivity index (χ3v) is 4.31. The summed E-state index contributed by atoms with van der Waals surface area (Å²) in [6.45, 7) is 3.34. The lowest BCUT2D eigenvalue weighted by molar-refractivity contribution is 0.0951. The summed E-state index contributed by atoms with van der Waals surface area (Å²) in [5, 5.41) is 2.59. The van der Waals surface area contributed by atoms with Gasteiger partial charge in [-0.05, 0) is 37.5 Å². The van der Waals surface area contributed by atoms with Crippen molar-refractivity contribution in [1.29, 1.82) is 0 Å². The quantitative estimate of drug-likeness (QED) is 0.841. The smallest absolute Gasteiger partial charge is 0.261 e. The Hall–Kier alpha value is -3.02. The van der Waals surface area contributed by atoms with Gasteiger partial charge in [0.25, 0.3) is 11.5 Å². The molecule has 0 radical (unpaired) electrons. The molecule has 6 nitrogen and oxygen atoms in total. The van der Waals surface area contributed by atoms with E-state index in [1.807, 2.05) is 6.92 Å². The number of pyridine rings is 1. The molecule has 1 aliphatic carbocycles. The Balaban J connectivity index is 1.97. The van der Waals surface area contributed by atoms with Crippen LogP contribution < -0.4 is 10.9 Å². The van der Waals surface area contributed by atoms with Crippen LogP contribution in [-0.4, -0.2) is 22.5 Å². The average molecular weight is 338 g/mol. The molecule has 1 heterocycles. The van der Waals surface area contributed by atoms with E-state index in [0.29, 0.717) is 35.3 Å². The summed E-state index contributed by atoms with van der Waals surface area (Å²) < 4.78 is 0. The molecular weight excluding hydrogens is 320 g/mol. The highest BCUT2D eigenvalue weighted by molar-refractivity contribution is 6.10. The third-order valence-electron chi connectivity index (χ3n) is 4.31. The number of para-hydroxylation sites is 1. The molecule has 1 atom stereocenters. The first kappa shape index (κ1) is 16.8. The summed E-state index contributed by atoms with van der Waals surface area (Å²) >= 11 is 0. The van der Waals surface area contributed by atoms with Crippen LogP contribution in [0.5, 0.6) is 0 Å². The van der Waals surface area contributed by atoms with Crippen molar-refractivity contribution >= 4 is 23.2 Å². The number of hydrogen-bond donors (Lipinski definition) is 2. The number of nitrogens with one attached hydrogen (secondary N) is 2. The average Bonchev–Trinajstić information content (AvgIpc) is 2.54. The van der Waals surface area contributed by atoms with Gasteiger partial charge in [0.15, 0.2) is 11.6 Å². The van der Waals surface area contributed by atoms with Gasteiger partial charge in [-0.1, -0.05) is 19.1 Å². The van der Waals surface area contributed by atoms with Gasteiger partial charge in [0, 0.05) is 23.2 Å². The first-order valence-electron chi connectivity index (χ1n) is 8.07. The molecule has 0 fully saturated rings. The molecule has 0 bridgehead atoms. The molecule has 0 saturated carbocycles. The van der Waals surface area contributed by atoms with Crippen molar-refractivity contribution in [3.05, 3.63) is 63.1 Å². The van der Waals surface area contributed by atoms with Crippen LogP contribution in [0.2, 0.25) is 0 Å². The Labute approximate surface area is 144 Å². The second kappa shape index (κ2) is 6.47. The van der Waals surface area contributed by atoms with Crippen LogP contribution >= 0.6 is 0 Å². The van der Waals surface area contributed by atoms with Crippen LogP contribution in [-0.2, 0) is 6.42 Å². The van der Waals surface area contributed by atoms with Crippen molar-refractivity contribution in [2.24, 2.45) is 5.92 Å². The zero-order valence-electron chi connectivity index (χ0n) is 14.0. The molecular formula is C19H18N2O4. The molecule has 6 heteroatoms. The molecule has 0 spiro atoms. The van der Waals surface area contributed by atoms with Gasteiger partial charge in [0.05, 0.1) is 5.69 Å². The molecule has 1 aromatic carbocycles. The molecule has 2 aromatic rings. The lowest BCUT2D eigenvalue weighted by Gasteiger charge is -2.20. The van der Waals surface area contributed by atoms with E-state index in [4.69, 9.17) is 0 Å². The van der Waals surface area contributed by atoms with Crippen LogP contribution in [0.3, 0.4) is 0 Å². The van der Waals surface area contributed by atoms with Crippen LogP contribution in [0.15, 0.2) is 35.1 Å². The van der Waals surface area contributed by atoms with Gasteiger partial charge in [-0.2, -0.15) is 0 Å². The topological polar surface area (TPSA) is 96.1 Å². The van der Waals surface area contributed by atoms with E-state index in [0.717, 1.165) is 0 Å². The molecule has 1 aliphatic rings. The minimum absolute atomic E-state index is 0.0804. The van der Waals surface area contributed by atoms with Crippen LogP contribution in [0.1, 0.15) is 57.0 Å². The van der Waals surface area contributed by atoms with Crippen molar-refractivity contribution in [2.75, 3.05) is 5.32 Å². The molecule has 1 unspecified atom stereocenters. The first-order valence-corrected chi connectivity index (χ1v) is 8.07. The number of fused-ring (bicyclic) bond motifs is 1. The maximum atomic E-state index is 12.5. The van der Waals surface area contributed by atoms with Crippen LogP contribution in [0, 0.1) is 5.92 Å². The number of aromatic amines is 1. The summed E-state index contributed by atoms with van der Waals surface area (Å²) in [6.07, 6.45) is 0.999. The van der Waals surface area contributed by atoms with Crippen molar-refractivity contribution in [1.82, 2.24) is 4.98 Å². The van der Waals surface area contributed by atoms with Crippen molar-refractivity contribution in [3.63, 3.8) is 0 Å². The summed E-state index contributed by atoms with van der Waals surface area (Å²) in [6, 6.07) is 7.92. The first-order chi connectivity index (χ1) is 11.9. The molecule has 25 heavy (non-hydrogen) atoms. The summed E-state index contributed by atoms with van der Waals surface area (Å²) in [5.41, 5.74) is 0.975. The number of ketones is 2. The summed E-state index contributed by atoms with van der Waals surface area (Å²) in [7, 11) is 0. The Bertz CT molecular complexity index is 943. The van der Waals surface area contributed by atoms with Gasteiger partial charge in [-0.15, -0.1) is 0 Å². The van der Waals surface area contributed by atoms with E-state index < -0.39 is 11.5 Å². The Morgan fingerprint density at radius 2 is 1.84 bits per heavy atom. The number of rotatable bonds is 3. The molecule has 128 valence electrons. The molecule has 0 aliphatic heterocycles. The predicted molar refractivity (Wildman–Crippen MR) is 93.3 cm³/mol. The Morgan fingerprint density at radius 1 is 1.12 bits per heavy atom. The Kier molecular flexibility index (Phi) is 4.35. The predicted octanol–water partition coefficient (Wildman–Crippen LogP) is 2.59. The normalized spacial score (nSPS) is 16.2. The van der Waals surface area contributed by atoms with E-state index in [2.05, 4.69) is 10.3 Å². The number of Topliss-reactive ketones (excluding diaryl/α,β-unsaturated/α-hetero) is 2. The zero-order chi connectivity index (χ0) is 18.1. The largest absolute Gasteiger partial charge is 0.325 e. The molecule has 0 saturated heterocycles. The number of hydrogen-bond acceptors (Lipinski definition) is 4. The SMILES string of the molecule is CC(=O)c1ccccc1NC(=O)c1cc2c([nH]c1=O)CC(C)CC2=O. The maximum absolute atomic E-state index is 12.5. The fourth-order valence-corrected chi connectivity index (χ4v) is 3.08. The van der Waals surface area contributed by atoms with Crippen molar-refractivity contribution < 1.29 is 14.4 Å². The molecule has 3 rings (SSSR count). The highest BCUT2D eigenvalue weighted by atomic mass is 16.2. The monoisotopic (exact) mass is 338 g/mol. The van der Waals surface area contributed by atoms with E-state index >= 15 is 0 Å². The summed E-state index contributed by atoms with van der Waals surface area (Å²) in [5.74, 6) is -0.760. The zero-order valence-corrected chi connectivity index (χ0v) is 14.0. The number of benzene rings is 1. The maximum Gasteiger partial charge on any atom is 0.261 e. The summed E-state index contributed by atoms with van der Waals surface area (Å²) in [4.78, 5) is 51.3. The molecule has 1 aromatic heterocycles. The number of aromatic nitrogens is 1. The lowest BCUT2D eigenvalue weighted by atomic mass is 9.86. The number of anilines is 1. The van der Waals surface area contributed by atoms with E-state index in [-0.39, 0.29) is 23.0 Å². The van der Waals surface area contributed by atoms with Gasteiger partial charge in [-0.25, -0.2) is 0 Å². The third kappa shape index (κ3) is 3.28. The second-order valence-electron chi connectivity index (χ2n) is 6.40. The van der Waals surface area contributed by atoms with Crippen molar-refractivity contribution in [3.8, 4) is 0 Å². The van der Waals surface area contributed by atoms with Gasteiger partial charge in [-0.3, -0.25) is 19.2 Å².